The first-order valence-corrected chi connectivity index (χ1v) is 9.73. The van der Waals surface area contributed by atoms with Gasteiger partial charge in [-0.25, -0.2) is 9.13 Å². The second-order valence-electron chi connectivity index (χ2n) is 6.69. The lowest BCUT2D eigenvalue weighted by Gasteiger charge is -2.05. The summed E-state index contributed by atoms with van der Waals surface area (Å²) < 4.78 is 26.1. The number of benzene rings is 2. The summed E-state index contributed by atoms with van der Waals surface area (Å²) >= 11 is 0. The molecule has 1 aromatic heterocycles. The number of imidazole rings is 1. The summed E-state index contributed by atoms with van der Waals surface area (Å²) in [6.07, 6.45) is 6.19. The molecule has 2 aromatic carbocycles. The Morgan fingerprint density at radius 1 is 0.759 bits per heavy atom. The van der Waals surface area contributed by atoms with Crippen LogP contribution in [0.3, 0.4) is 0 Å². The zero-order valence-corrected chi connectivity index (χ0v) is 17.1. The van der Waals surface area contributed by atoms with Crippen molar-refractivity contribution in [3.05, 3.63) is 78.4 Å². The van der Waals surface area contributed by atoms with Crippen molar-refractivity contribution in [1.82, 2.24) is 4.57 Å². The number of rotatable bonds is 12. The molecule has 0 aliphatic rings. The molecule has 0 radical (unpaired) electrons. The molecule has 0 spiro atoms. The molecule has 0 fully saturated rings. The largest absolute Gasteiger partial charge is 0.497 e. The average molecular weight is 397 g/mol. The molecule has 0 amide bonds. The number of nitrogens with zero attached hydrogens (tertiary/aromatic N) is 2. The van der Waals surface area contributed by atoms with Gasteiger partial charge < -0.3 is 18.9 Å². The lowest BCUT2D eigenvalue weighted by atomic mass is 10.2. The standard InChI is InChI=1S/C23H29N2O4/c1-26-22-7-3-20(4-8-22)17-28-15-13-24-11-12-25(19-24)14-16-29-18-21-5-9-23(27-2)10-6-21/h3-12,19H,13-18H2,1-2H3/q+1. The molecule has 0 bridgehead atoms. The Kier molecular flexibility index (Phi) is 8.10. The molecule has 3 rings (SSSR count). The SMILES string of the molecule is COc1ccc(COCCn2cc[n+](CCOCc3ccc(OC)cc3)c2)cc1. The Balaban J connectivity index is 1.30. The molecule has 1 heterocycles. The van der Waals surface area contributed by atoms with Gasteiger partial charge in [0, 0.05) is 0 Å². The molecule has 0 unspecified atom stereocenters. The number of aromatic nitrogens is 2. The van der Waals surface area contributed by atoms with Crippen LogP contribution in [-0.2, 0) is 35.8 Å². The van der Waals surface area contributed by atoms with E-state index in [4.69, 9.17) is 18.9 Å². The van der Waals surface area contributed by atoms with Crippen molar-refractivity contribution in [3.63, 3.8) is 0 Å². The number of hydrogen-bond donors (Lipinski definition) is 0. The molecule has 0 aliphatic carbocycles. The lowest BCUT2D eigenvalue weighted by molar-refractivity contribution is -0.698. The fourth-order valence-electron chi connectivity index (χ4n) is 2.87. The number of hydrogen-bond acceptors (Lipinski definition) is 4. The minimum absolute atomic E-state index is 0.602. The molecule has 29 heavy (non-hydrogen) atoms. The zero-order chi connectivity index (χ0) is 20.3. The highest BCUT2D eigenvalue weighted by Crippen LogP contribution is 2.12. The van der Waals surface area contributed by atoms with E-state index in [0.29, 0.717) is 26.4 Å². The highest BCUT2D eigenvalue weighted by Gasteiger charge is 2.04. The molecule has 0 N–H and O–H groups in total. The van der Waals surface area contributed by atoms with Gasteiger partial charge in [0.25, 0.3) is 0 Å². The van der Waals surface area contributed by atoms with E-state index in [-0.39, 0.29) is 0 Å². The highest BCUT2D eigenvalue weighted by molar-refractivity contribution is 5.27. The third-order valence-electron chi connectivity index (χ3n) is 4.59. The Hall–Kier alpha value is -2.83. The summed E-state index contributed by atoms with van der Waals surface area (Å²) in [6.45, 7) is 4.16. The normalized spacial score (nSPS) is 10.8. The fourth-order valence-corrected chi connectivity index (χ4v) is 2.87. The van der Waals surface area contributed by atoms with Crippen LogP contribution < -0.4 is 14.0 Å². The van der Waals surface area contributed by atoms with Crippen LogP contribution in [0, 0.1) is 0 Å². The minimum atomic E-state index is 0.602. The summed E-state index contributed by atoms with van der Waals surface area (Å²) in [5.41, 5.74) is 2.28. The van der Waals surface area contributed by atoms with Crippen molar-refractivity contribution in [2.75, 3.05) is 27.4 Å². The summed E-state index contributed by atoms with van der Waals surface area (Å²) in [7, 11) is 3.34. The van der Waals surface area contributed by atoms with Crippen molar-refractivity contribution in [2.24, 2.45) is 0 Å². The Labute approximate surface area is 172 Å². The van der Waals surface area contributed by atoms with Crippen LogP contribution >= 0.6 is 0 Å². The van der Waals surface area contributed by atoms with E-state index in [0.717, 1.165) is 35.7 Å². The quantitative estimate of drug-likeness (QED) is 0.348. The lowest BCUT2D eigenvalue weighted by Crippen LogP contribution is -2.33. The second kappa shape index (κ2) is 11.2. The molecule has 154 valence electrons. The van der Waals surface area contributed by atoms with E-state index in [2.05, 4.69) is 27.9 Å². The maximum Gasteiger partial charge on any atom is 0.243 e. The fraction of sp³-hybridized carbons (Fsp3) is 0.348. The second-order valence-corrected chi connectivity index (χ2v) is 6.69. The summed E-state index contributed by atoms with van der Waals surface area (Å²) in [4.78, 5) is 0. The van der Waals surface area contributed by atoms with Crippen LogP contribution in [0.15, 0.2) is 67.3 Å². The minimum Gasteiger partial charge on any atom is -0.497 e. The van der Waals surface area contributed by atoms with Gasteiger partial charge in [-0.3, -0.25) is 0 Å². The molecular formula is C23H29N2O4+. The average Bonchev–Trinajstić information content (AvgIpc) is 3.23. The van der Waals surface area contributed by atoms with Crippen molar-refractivity contribution < 1.29 is 23.5 Å². The Morgan fingerprint density at radius 3 is 1.86 bits per heavy atom. The first kappa shape index (κ1) is 20.9. The van der Waals surface area contributed by atoms with Gasteiger partial charge in [0.05, 0.1) is 40.6 Å². The van der Waals surface area contributed by atoms with Crippen LogP contribution in [0.5, 0.6) is 11.5 Å². The molecule has 6 nitrogen and oxygen atoms in total. The Morgan fingerprint density at radius 2 is 1.31 bits per heavy atom. The van der Waals surface area contributed by atoms with Gasteiger partial charge in [0.2, 0.25) is 6.33 Å². The van der Waals surface area contributed by atoms with Crippen LogP contribution in [0.1, 0.15) is 11.1 Å². The predicted octanol–water partition coefficient (Wildman–Crippen LogP) is 3.23. The van der Waals surface area contributed by atoms with Gasteiger partial charge in [-0.15, -0.1) is 0 Å². The molecule has 0 saturated heterocycles. The van der Waals surface area contributed by atoms with Gasteiger partial charge >= 0.3 is 0 Å². The first-order valence-electron chi connectivity index (χ1n) is 9.73. The van der Waals surface area contributed by atoms with Crippen LogP contribution in [-0.4, -0.2) is 32.0 Å². The summed E-state index contributed by atoms with van der Waals surface area (Å²) in [5.74, 6) is 1.72. The van der Waals surface area contributed by atoms with Gasteiger partial charge in [0.1, 0.15) is 37.0 Å². The van der Waals surface area contributed by atoms with E-state index in [1.54, 1.807) is 14.2 Å². The Bertz CT molecular complexity index is 774. The van der Waals surface area contributed by atoms with Crippen LogP contribution in [0.2, 0.25) is 0 Å². The van der Waals surface area contributed by atoms with E-state index < -0.39 is 0 Å². The van der Waals surface area contributed by atoms with Gasteiger partial charge in [0.15, 0.2) is 0 Å². The molecule has 0 aliphatic heterocycles. The van der Waals surface area contributed by atoms with Crippen LogP contribution in [0.25, 0.3) is 0 Å². The van der Waals surface area contributed by atoms with Crippen molar-refractivity contribution in [1.29, 1.82) is 0 Å². The topological polar surface area (TPSA) is 45.7 Å². The molecule has 6 heteroatoms. The molecular weight excluding hydrogens is 368 g/mol. The van der Waals surface area contributed by atoms with E-state index in [1.165, 1.54) is 0 Å². The van der Waals surface area contributed by atoms with E-state index in [9.17, 15) is 0 Å². The predicted molar refractivity (Wildman–Crippen MR) is 110 cm³/mol. The summed E-state index contributed by atoms with van der Waals surface area (Å²) in [5, 5.41) is 0. The van der Waals surface area contributed by atoms with E-state index >= 15 is 0 Å². The monoisotopic (exact) mass is 397 g/mol. The van der Waals surface area contributed by atoms with Crippen molar-refractivity contribution in [3.8, 4) is 11.5 Å². The number of methoxy groups -OCH3 is 2. The van der Waals surface area contributed by atoms with Crippen molar-refractivity contribution >= 4 is 0 Å². The zero-order valence-electron chi connectivity index (χ0n) is 17.1. The van der Waals surface area contributed by atoms with Gasteiger partial charge in [-0.1, -0.05) is 24.3 Å². The molecule has 3 aromatic rings. The van der Waals surface area contributed by atoms with Crippen molar-refractivity contribution in [2.45, 2.75) is 26.3 Å². The maximum absolute atomic E-state index is 5.77. The summed E-state index contributed by atoms with van der Waals surface area (Å²) in [6, 6.07) is 15.9. The highest BCUT2D eigenvalue weighted by atomic mass is 16.5. The first-order chi connectivity index (χ1) is 14.3. The molecule has 0 saturated carbocycles. The van der Waals surface area contributed by atoms with Crippen LogP contribution in [0.4, 0.5) is 0 Å². The third kappa shape index (κ3) is 6.93. The molecule has 0 atom stereocenters. The number of ether oxygens (including phenoxy) is 4. The smallest absolute Gasteiger partial charge is 0.243 e. The van der Waals surface area contributed by atoms with Gasteiger partial charge in [-0.2, -0.15) is 0 Å². The van der Waals surface area contributed by atoms with Gasteiger partial charge in [-0.05, 0) is 35.4 Å². The van der Waals surface area contributed by atoms with E-state index in [1.807, 2.05) is 48.5 Å². The maximum atomic E-state index is 5.77. The third-order valence-corrected chi connectivity index (χ3v) is 4.59.